The molecule has 1 saturated heterocycles. The van der Waals surface area contributed by atoms with Crippen LogP contribution in [-0.4, -0.2) is 23.5 Å². The van der Waals surface area contributed by atoms with Crippen molar-refractivity contribution in [3.8, 4) is 0 Å². The monoisotopic (exact) mass is 141 g/mol. The Morgan fingerprint density at radius 3 is 1.90 bits per heavy atom. The molecular weight excluding hydrogens is 122 g/mol. The van der Waals surface area contributed by atoms with Gasteiger partial charge in [0.2, 0.25) is 0 Å². The first kappa shape index (κ1) is 8.06. The second kappa shape index (κ2) is 2.23. The zero-order chi connectivity index (χ0) is 7.94. The normalized spacial score (nSPS) is 39.9. The van der Waals surface area contributed by atoms with Crippen LogP contribution in [0.3, 0.4) is 0 Å². The lowest BCUT2D eigenvalue weighted by molar-refractivity contribution is 0.334. The maximum atomic E-state index is 2.54. The third-order valence-electron chi connectivity index (χ3n) is 2.50. The summed E-state index contributed by atoms with van der Waals surface area (Å²) < 4.78 is 0. The summed E-state index contributed by atoms with van der Waals surface area (Å²) in [6.07, 6.45) is 0. The molecule has 0 saturated carbocycles. The highest BCUT2D eigenvalue weighted by molar-refractivity contribution is 5.04. The van der Waals surface area contributed by atoms with Gasteiger partial charge in [-0.2, -0.15) is 0 Å². The molecule has 0 aromatic heterocycles. The molecule has 1 unspecified atom stereocenters. The molecular formula is C9H19N. The van der Waals surface area contributed by atoms with Crippen LogP contribution in [0.25, 0.3) is 0 Å². The lowest BCUT2D eigenvalue weighted by Gasteiger charge is -2.17. The van der Waals surface area contributed by atoms with E-state index in [0.717, 1.165) is 12.1 Å². The van der Waals surface area contributed by atoms with Gasteiger partial charge in [0.25, 0.3) is 0 Å². The van der Waals surface area contributed by atoms with E-state index in [1.807, 2.05) is 0 Å². The molecule has 3 atom stereocenters. The second-order valence-corrected chi connectivity index (χ2v) is 4.38. The molecule has 1 fully saturated rings. The van der Waals surface area contributed by atoms with Crippen molar-refractivity contribution < 1.29 is 0 Å². The van der Waals surface area contributed by atoms with Gasteiger partial charge in [0.05, 0.1) is 0 Å². The van der Waals surface area contributed by atoms with Crippen molar-refractivity contribution in [2.45, 2.75) is 46.7 Å². The molecule has 0 bridgehead atoms. The van der Waals surface area contributed by atoms with Gasteiger partial charge in [0, 0.05) is 12.1 Å². The quantitative estimate of drug-likeness (QED) is 0.505. The van der Waals surface area contributed by atoms with E-state index in [1.165, 1.54) is 6.54 Å². The van der Waals surface area contributed by atoms with Crippen LogP contribution >= 0.6 is 0 Å². The zero-order valence-electron chi connectivity index (χ0n) is 7.81. The van der Waals surface area contributed by atoms with Crippen molar-refractivity contribution in [2.75, 3.05) is 6.54 Å². The second-order valence-electron chi connectivity index (χ2n) is 4.38. The molecule has 0 N–H and O–H groups in total. The molecule has 1 nitrogen and oxygen atoms in total. The van der Waals surface area contributed by atoms with Crippen molar-refractivity contribution in [1.82, 2.24) is 4.90 Å². The molecule has 60 valence electrons. The first-order valence-corrected chi connectivity index (χ1v) is 4.24. The topological polar surface area (TPSA) is 3.01 Å². The molecule has 0 amide bonds. The number of nitrogens with zero attached hydrogens (tertiary/aromatic N) is 1. The smallest absolute Gasteiger partial charge is 0.0300 e. The van der Waals surface area contributed by atoms with E-state index in [2.05, 4.69) is 39.5 Å². The lowest BCUT2D eigenvalue weighted by atomic mass is 9.90. The van der Waals surface area contributed by atoms with E-state index in [0.29, 0.717) is 5.41 Å². The molecule has 1 heteroatoms. The Hall–Kier alpha value is -0.0400. The molecule has 0 spiro atoms. The van der Waals surface area contributed by atoms with Crippen LogP contribution in [0, 0.1) is 5.41 Å². The SMILES string of the molecule is CCN1[C@@H](C)[C@@H]1C(C)(C)C. The van der Waals surface area contributed by atoms with Gasteiger partial charge >= 0.3 is 0 Å². The molecule has 0 aromatic carbocycles. The number of likely N-dealkylation sites (N-methyl/N-ethyl adjacent to an activating group) is 1. The molecule has 0 aliphatic carbocycles. The number of hydrogen-bond donors (Lipinski definition) is 0. The number of hydrogen-bond acceptors (Lipinski definition) is 1. The summed E-state index contributed by atoms with van der Waals surface area (Å²) in [4.78, 5) is 2.54. The first-order chi connectivity index (χ1) is 4.48. The molecule has 1 aliphatic rings. The van der Waals surface area contributed by atoms with Gasteiger partial charge in [-0.3, -0.25) is 4.90 Å². The zero-order valence-corrected chi connectivity index (χ0v) is 7.81. The average molecular weight is 141 g/mol. The highest BCUT2D eigenvalue weighted by Gasteiger charge is 2.49. The van der Waals surface area contributed by atoms with E-state index >= 15 is 0 Å². The maximum Gasteiger partial charge on any atom is 0.0300 e. The van der Waals surface area contributed by atoms with Gasteiger partial charge in [0.15, 0.2) is 0 Å². The van der Waals surface area contributed by atoms with Crippen molar-refractivity contribution in [2.24, 2.45) is 5.41 Å². The summed E-state index contributed by atoms with van der Waals surface area (Å²) in [5.41, 5.74) is 0.482. The van der Waals surface area contributed by atoms with Gasteiger partial charge in [-0.15, -0.1) is 0 Å². The van der Waals surface area contributed by atoms with Gasteiger partial charge in [-0.25, -0.2) is 0 Å². The third-order valence-corrected chi connectivity index (χ3v) is 2.50. The Morgan fingerprint density at radius 1 is 1.30 bits per heavy atom. The van der Waals surface area contributed by atoms with Crippen molar-refractivity contribution in [1.29, 1.82) is 0 Å². The van der Waals surface area contributed by atoms with E-state index in [-0.39, 0.29) is 0 Å². The minimum atomic E-state index is 0.482. The molecule has 1 heterocycles. The molecule has 0 radical (unpaired) electrons. The van der Waals surface area contributed by atoms with Crippen molar-refractivity contribution in [3.63, 3.8) is 0 Å². The van der Waals surface area contributed by atoms with Gasteiger partial charge in [-0.05, 0) is 18.9 Å². The Bertz CT molecular complexity index is 123. The summed E-state index contributed by atoms with van der Waals surface area (Å²) in [6.45, 7) is 12.7. The highest BCUT2D eigenvalue weighted by atomic mass is 15.3. The summed E-state index contributed by atoms with van der Waals surface area (Å²) in [7, 11) is 0. The lowest BCUT2D eigenvalue weighted by Crippen LogP contribution is -2.18. The summed E-state index contributed by atoms with van der Waals surface area (Å²) in [6, 6.07) is 1.66. The fourth-order valence-electron chi connectivity index (χ4n) is 2.11. The van der Waals surface area contributed by atoms with Crippen LogP contribution in [0.2, 0.25) is 0 Å². The van der Waals surface area contributed by atoms with Gasteiger partial charge in [0.1, 0.15) is 0 Å². The summed E-state index contributed by atoms with van der Waals surface area (Å²) in [5, 5.41) is 0. The van der Waals surface area contributed by atoms with Gasteiger partial charge in [-0.1, -0.05) is 27.7 Å². The fraction of sp³-hybridized carbons (Fsp3) is 1.00. The van der Waals surface area contributed by atoms with Crippen LogP contribution < -0.4 is 0 Å². The highest BCUT2D eigenvalue weighted by Crippen LogP contribution is 2.40. The Balaban J connectivity index is 2.48. The molecule has 10 heavy (non-hydrogen) atoms. The van der Waals surface area contributed by atoms with E-state index < -0.39 is 0 Å². The Labute approximate surface area is 64.4 Å². The summed E-state index contributed by atoms with van der Waals surface area (Å²) >= 11 is 0. The number of rotatable bonds is 1. The van der Waals surface area contributed by atoms with Crippen LogP contribution in [0.5, 0.6) is 0 Å². The predicted octanol–water partition coefficient (Wildman–Crippen LogP) is 2.13. The van der Waals surface area contributed by atoms with E-state index in [4.69, 9.17) is 0 Å². The van der Waals surface area contributed by atoms with E-state index in [1.54, 1.807) is 0 Å². The average Bonchev–Trinajstić information content (AvgIpc) is 2.39. The van der Waals surface area contributed by atoms with E-state index in [9.17, 15) is 0 Å². The predicted molar refractivity (Wildman–Crippen MR) is 45.1 cm³/mol. The van der Waals surface area contributed by atoms with Crippen LogP contribution in [0.15, 0.2) is 0 Å². The van der Waals surface area contributed by atoms with Crippen molar-refractivity contribution in [3.05, 3.63) is 0 Å². The molecule has 1 rings (SSSR count). The van der Waals surface area contributed by atoms with Crippen molar-refractivity contribution >= 4 is 0 Å². The first-order valence-electron chi connectivity index (χ1n) is 4.24. The third kappa shape index (κ3) is 1.20. The summed E-state index contributed by atoms with van der Waals surface area (Å²) in [5.74, 6) is 0. The van der Waals surface area contributed by atoms with Crippen LogP contribution in [0.4, 0.5) is 0 Å². The Kier molecular flexibility index (Phi) is 1.80. The van der Waals surface area contributed by atoms with Crippen LogP contribution in [-0.2, 0) is 0 Å². The van der Waals surface area contributed by atoms with Crippen LogP contribution in [0.1, 0.15) is 34.6 Å². The molecule has 1 aliphatic heterocycles. The van der Waals surface area contributed by atoms with Gasteiger partial charge < -0.3 is 0 Å². The molecule has 0 aromatic rings. The maximum absolute atomic E-state index is 2.54. The minimum absolute atomic E-state index is 0.482. The largest absolute Gasteiger partial charge is 0.294 e. The minimum Gasteiger partial charge on any atom is -0.294 e. The fourth-order valence-corrected chi connectivity index (χ4v) is 2.11. The Morgan fingerprint density at radius 2 is 1.80 bits per heavy atom. The standard InChI is InChI=1S/C9H19N/c1-6-10-7(2)8(10)9(3,4)5/h7-8H,6H2,1-5H3/t7-,8+,10?/m0/s1.